The van der Waals surface area contributed by atoms with Gasteiger partial charge in [0, 0.05) is 34.6 Å². The van der Waals surface area contributed by atoms with E-state index < -0.39 is 0 Å². The highest BCUT2D eigenvalue weighted by Gasteiger charge is 2.23. The van der Waals surface area contributed by atoms with E-state index >= 15 is 0 Å². The van der Waals surface area contributed by atoms with Crippen molar-refractivity contribution in [1.82, 2.24) is 9.88 Å². The van der Waals surface area contributed by atoms with Gasteiger partial charge in [-0.1, -0.05) is 103 Å². The molecule has 1 unspecified atom stereocenters. The predicted molar refractivity (Wildman–Crippen MR) is 211 cm³/mol. The Balaban J connectivity index is 1.09. The van der Waals surface area contributed by atoms with Crippen LogP contribution >= 0.6 is 0 Å². The summed E-state index contributed by atoms with van der Waals surface area (Å²) in [6, 6.07) is 58.2. The molecule has 0 amide bonds. The molecule has 1 atom stereocenters. The number of nitriles is 2. The molecule has 8 aromatic rings. The van der Waals surface area contributed by atoms with Crippen molar-refractivity contribution in [3.05, 3.63) is 185 Å². The first-order chi connectivity index (χ1) is 25.6. The van der Waals surface area contributed by atoms with Crippen LogP contribution in [0.15, 0.2) is 152 Å². The Morgan fingerprint density at radius 1 is 0.596 bits per heavy atom. The number of aromatic nitrogens is 1. The summed E-state index contributed by atoms with van der Waals surface area (Å²) in [5.41, 5.74) is 16.2. The quantitative estimate of drug-likeness (QED) is 0.172. The van der Waals surface area contributed by atoms with Crippen molar-refractivity contribution in [2.45, 2.75) is 19.4 Å². The Labute approximate surface area is 303 Å². The lowest BCUT2D eigenvalue weighted by molar-refractivity contribution is 1.08. The smallest absolute Gasteiger partial charge is 0.0998 e. The molecule has 1 aliphatic rings. The van der Waals surface area contributed by atoms with Crippen LogP contribution in [0, 0.1) is 29.6 Å². The first-order valence-electron chi connectivity index (χ1n) is 17.7. The minimum absolute atomic E-state index is 0.459. The van der Waals surface area contributed by atoms with E-state index in [9.17, 15) is 10.5 Å². The van der Waals surface area contributed by atoms with Crippen molar-refractivity contribution in [3.63, 3.8) is 0 Å². The summed E-state index contributed by atoms with van der Waals surface area (Å²) in [5, 5.41) is 25.6. The summed E-state index contributed by atoms with van der Waals surface area (Å²) < 4.78 is 2.21. The fourth-order valence-corrected chi connectivity index (χ4v) is 7.70. The number of hydrogen-bond acceptors (Lipinski definition) is 3. The molecule has 4 heteroatoms. The molecule has 9 rings (SSSR count). The molecule has 1 fully saturated rings. The molecule has 0 saturated carbocycles. The van der Waals surface area contributed by atoms with E-state index in [0.29, 0.717) is 17.2 Å². The van der Waals surface area contributed by atoms with Crippen molar-refractivity contribution < 1.29 is 0 Å². The Kier molecular flexibility index (Phi) is 7.74. The van der Waals surface area contributed by atoms with Gasteiger partial charge in [0.05, 0.1) is 34.3 Å². The third-order valence-corrected chi connectivity index (χ3v) is 10.5. The summed E-state index contributed by atoms with van der Waals surface area (Å²) in [5.74, 6) is 0. The van der Waals surface area contributed by atoms with Crippen molar-refractivity contribution >= 4 is 21.8 Å². The van der Waals surface area contributed by atoms with Gasteiger partial charge in [-0.2, -0.15) is 10.5 Å². The fraction of sp³-hybridized carbons (Fsp3) is 0.0833. The SMILES string of the molecule is Cc1ccc(C2CN2)cc1-c1ccccc1Cc1ccccc1-c1ccc(C#N)c(-c2ccc(-n3c4ccccc4c4ccc(C#N)cc43)cc2)c1. The first-order valence-corrected chi connectivity index (χ1v) is 17.7. The monoisotopic (exact) mass is 666 g/mol. The molecule has 0 spiro atoms. The average molecular weight is 667 g/mol. The summed E-state index contributed by atoms with van der Waals surface area (Å²) in [4.78, 5) is 0. The number of fused-ring (bicyclic) bond motifs is 3. The van der Waals surface area contributed by atoms with Crippen LogP contribution < -0.4 is 5.32 Å². The van der Waals surface area contributed by atoms with Gasteiger partial charge in [0.15, 0.2) is 0 Å². The highest BCUT2D eigenvalue weighted by Crippen LogP contribution is 2.37. The predicted octanol–water partition coefficient (Wildman–Crippen LogP) is 11.1. The van der Waals surface area contributed by atoms with Crippen LogP contribution in [0.3, 0.4) is 0 Å². The molecule has 1 aliphatic heterocycles. The number of nitrogens with zero attached hydrogens (tertiary/aromatic N) is 3. The van der Waals surface area contributed by atoms with E-state index in [4.69, 9.17) is 0 Å². The van der Waals surface area contributed by atoms with Gasteiger partial charge in [-0.15, -0.1) is 0 Å². The van der Waals surface area contributed by atoms with E-state index in [-0.39, 0.29) is 0 Å². The third kappa shape index (κ3) is 5.53. The molecule has 0 radical (unpaired) electrons. The standard InChI is InChI=1S/C48H34N4/c1-31-14-16-37(46-30-51-46)27-44(31)41-11-5-3-9-35(41)25-34-8-2-4-10-40(34)36-17-18-38(29-50)45(26-36)33-19-21-39(22-20-33)52-47-13-7-6-12-42(47)43-23-15-32(28-49)24-48(43)52/h2-24,26-27,46,51H,25,30H2,1H3. The molecule has 0 aliphatic carbocycles. The van der Waals surface area contributed by atoms with Gasteiger partial charge < -0.3 is 9.88 Å². The lowest BCUT2D eigenvalue weighted by atomic mass is 9.88. The number of benzene rings is 7. The molecule has 4 nitrogen and oxygen atoms in total. The van der Waals surface area contributed by atoms with Crippen molar-refractivity contribution in [3.8, 4) is 51.2 Å². The molecule has 1 aromatic heterocycles. The summed E-state index contributed by atoms with van der Waals surface area (Å²) in [7, 11) is 0. The molecule has 7 aromatic carbocycles. The molecule has 1 saturated heterocycles. The number of para-hydroxylation sites is 1. The van der Waals surface area contributed by atoms with Crippen molar-refractivity contribution in [2.75, 3.05) is 6.54 Å². The van der Waals surface area contributed by atoms with Crippen LogP contribution in [-0.4, -0.2) is 11.1 Å². The molecule has 1 N–H and O–H groups in total. The van der Waals surface area contributed by atoms with Crippen LogP contribution in [0.1, 0.15) is 39.4 Å². The van der Waals surface area contributed by atoms with E-state index in [2.05, 4.69) is 144 Å². The molecule has 52 heavy (non-hydrogen) atoms. The minimum Gasteiger partial charge on any atom is -0.309 e. The van der Waals surface area contributed by atoms with Gasteiger partial charge in [-0.3, -0.25) is 0 Å². The lowest BCUT2D eigenvalue weighted by Crippen LogP contribution is -1.97. The second-order valence-corrected chi connectivity index (χ2v) is 13.6. The normalized spacial score (nSPS) is 13.6. The Hall–Kier alpha value is -6.72. The van der Waals surface area contributed by atoms with Gasteiger partial charge in [0.1, 0.15) is 0 Å². The summed E-state index contributed by atoms with van der Waals surface area (Å²) in [6.45, 7) is 3.24. The maximum Gasteiger partial charge on any atom is 0.0998 e. The maximum absolute atomic E-state index is 10.2. The second-order valence-electron chi connectivity index (χ2n) is 13.6. The summed E-state index contributed by atoms with van der Waals surface area (Å²) >= 11 is 0. The average Bonchev–Trinajstić information content (AvgIpc) is 4.00. The Morgan fingerprint density at radius 2 is 1.29 bits per heavy atom. The Bertz CT molecular complexity index is 2750. The van der Waals surface area contributed by atoms with E-state index in [0.717, 1.165) is 62.7 Å². The summed E-state index contributed by atoms with van der Waals surface area (Å²) in [6.07, 6.45) is 0.786. The highest BCUT2D eigenvalue weighted by molar-refractivity contribution is 6.09. The number of rotatable bonds is 7. The van der Waals surface area contributed by atoms with Crippen LogP contribution in [0.25, 0.3) is 60.9 Å². The third-order valence-electron chi connectivity index (χ3n) is 10.5. The molecule has 2 heterocycles. The number of hydrogen-bond donors (Lipinski definition) is 1. The maximum atomic E-state index is 10.2. The highest BCUT2D eigenvalue weighted by atomic mass is 15.1. The van der Waals surface area contributed by atoms with Gasteiger partial charge >= 0.3 is 0 Å². The second kappa shape index (κ2) is 12.9. The van der Waals surface area contributed by atoms with Crippen molar-refractivity contribution in [2.24, 2.45) is 0 Å². The minimum atomic E-state index is 0.459. The van der Waals surface area contributed by atoms with E-state index in [1.54, 1.807) is 0 Å². The van der Waals surface area contributed by atoms with Crippen LogP contribution in [0.5, 0.6) is 0 Å². The largest absolute Gasteiger partial charge is 0.309 e. The first kappa shape index (κ1) is 31.3. The van der Waals surface area contributed by atoms with Gasteiger partial charge in [-0.25, -0.2) is 0 Å². The van der Waals surface area contributed by atoms with Crippen LogP contribution in [-0.2, 0) is 6.42 Å². The topological polar surface area (TPSA) is 74.5 Å². The Morgan fingerprint density at radius 3 is 2.06 bits per heavy atom. The zero-order valence-electron chi connectivity index (χ0n) is 28.8. The zero-order chi connectivity index (χ0) is 35.2. The molecular formula is C48H34N4. The fourth-order valence-electron chi connectivity index (χ4n) is 7.70. The number of nitrogens with one attached hydrogen (secondary N) is 1. The van der Waals surface area contributed by atoms with Crippen LogP contribution in [0.4, 0.5) is 0 Å². The molecular weight excluding hydrogens is 633 g/mol. The van der Waals surface area contributed by atoms with E-state index in [1.807, 2.05) is 36.4 Å². The molecule has 0 bridgehead atoms. The van der Waals surface area contributed by atoms with Gasteiger partial charge in [-0.05, 0) is 112 Å². The number of aryl methyl sites for hydroxylation is 1. The lowest BCUT2D eigenvalue weighted by Gasteiger charge is -2.16. The van der Waals surface area contributed by atoms with Gasteiger partial charge in [0.25, 0.3) is 0 Å². The molecule has 246 valence electrons. The van der Waals surface area contributed by atoms with Gasteiger partial charge in [0.2, 0.25) is 0 Å². The van der Waals surface area contributed by atoms with E-state index in [1.165, 1.54) is 33.4 Å². The zero-order valence-corrected chi connectivity index (χ0v) is 28.8. The van der Waals surface area contributed by atoms with Crippen molar-refractivity contribution in [1.29, 1.82) is 10.5 Å². The van der Waals surface area contributed by atoms with Crippen LogP contribution in [0.2, 0.25) is 0 Å².